The van der Waals surface area contributed by atoms with E-state index in [1.54, 1.807) is 7.05 Å². The number of halogens is 3. The fraction of sp³-hybridized carbons (Fsp3) is 0.640. The summed E-state index contributed by atoms with van der Waals surface area (Å²) in [5.74, 6) is -1.55. The molecule has 5 unspecified atom stereocenters. The summed E-state index contributed by atoms with van der Waals surface area (Å²) >= 11 is 5.90. The normalized spacial score (nSPS) is 14.5. The number of aliphatic carboxylic acids is 1. The van der Waals surface area contributed by atoms with E-state index in [0.717, 1.165) is 25.7 Å². The fourth-order valence-corrected chi connectivity index (χ4v) is 7.82. The summed E-state index contributed by atoms with van der Waals surface area (Å²) in [4.78, 5) is 36.6. The van der Waals surface area contributed by atoms with Gasteiger partial charge >= 0.3 is 5.97 Å². The van der Waals surface area contributed by atoms with Crippen LogP contribution in [-0.2, 0) is 4.79 Å². The molecule has 0 heterocycles. The van der Waals surface area contributed by atoms with Crippen LogP contribution in [0.15, 0.2) is 0 Å². The van der Waals surface area contributed by atoms with E-state index in [1.807, 2.05) is 67.8 Å². The van der Waals surface area contributed by atoms with Crippen molar-refractivity contribution in [3.8, 4) is 5.75 Å². The molecule has 236 valence electrons. The second-order valence-electron chi connectivity index (χ2n) is 8.83. The van der Waals surface area contributed by atoms with Crippen LogP contribution in [0.25, 0.3) is 0 Å². The topological polar surface area (TPSA) is 218 Å². The van der Waals surface area contributed by atoms with Crippen LogP contribution in [0, 0.1) is 10.7 Å². The number of ether oxygens (including phenoxy) is 1. The van der Waals surface area contributed by atoms with Crippen LogP contribution in [0.2, 0.25) is 0 Å². The molecule has 0 aliphatic rings. The highest BCUT2D eigenvalue weighted by Crippen LogP contribution is 2.38. The Hall–Kier alpha value is -0.620. The molecular formula is C25H40I3N3O10. The average molecular weight is 923 g/mol. The molecule has 0 saturated heterocycles. The second kappa shape index (κ2) is 21.1. The Morgan fingerprint density at radius 2 is 1.29 bits per heavy atom. The molecule has 1 aromatic carbocycles. The number of amides is 2. The lowest BCUT2D eigenvalue weighted by molar-refractivity contribution is -0.145. The number of carboxylic acid groups (broad SMARTS) is 1. The maximum Gasteiger partial charge on any atom is 0.344 e. The number of unbranched alkanes of at least 4 members (excludes halogenated alkanes) is 3. The van der Waals surface area contributed by atoms with Gasteiger partial charge in [-0.2, -0.15) is 0 Å². The third kappa shape index (κ3) is 12.5. The minimum atomic E-state index is -1.55. The third-order valence-electron chi connectivity index (χ3n) is 5.78. The molecule has 0 aromatic heterocycles. The van der Waals surface area contributed by atoms with E-state index in [2.05, 4.69) is 22.9 Å². The van der Waals surface area contributed by atoms with Crippen molar-refractivity contribution >= 4 is 85.6 Å². The SMILES string of the molecule is CCCCCCC(Oc1c(I)c(C(=O)NC)c(I)c(C(=O)NC)c1I)C(=O)O.CNCC(O)C(O)C(O)C(O)CO. The summed E-state index contributed by atoms with van der Waals surface area (Å²) in [5.41, 5.74) is 0.598. The highest BCUT2D eigenvalue weighted by Gasteiger charge is 2.31. The number of aliphatic hydroxyl groups is 5. The molecule has 0 radical (unpaired) electrons. The van der Waals surface area contributed by atoms with Crippen molar-refractivity contribution in [3.63, 3.8) is 0 Å². The molecular weight excluding hydrogens is 883 g/mol. The molecule has 1 rings (SSSR count). The Kier molecular flexibility index (Phi) is 20.8. The molecule has 9 N–H and O–H groups in total. The molecule has 13 nitrogen and oxygen atoms in total. The van der Waals surface area contributed by atoms with Gasteiger partial charge in [-0.1, -0.05) is 26.2 Å². The molecule has 0 fully saturated rings. The molecule has 41 heavy (non-hydrogen) atoms. The molecule has 5 atom stereocenters. The van der Waals surface area contributed by atoms with Crippen molar-refractivity contribution in [3.05, 3.63) is 21.8 Å². The van der Waals surface area contributed by atoms with Gasteiger partial charge in [-0.15, -0.1) is 0 Å². The smallest absolute Gasteiger partial charge is 0.344 e. The summed E-state index contributed by atoms with van der Waals surface area (Å²) in [6.07, 6.45) is -2.59. The first kappa shape index (κ1) is 40.4. The van der Waals surface area contributed by atoms with Gasteiger partial charge in [0.25, 0.3) is 11.8 Å². The van der Waals surface area contributed by atoms with Gasteiger partial charge in [0.15, 0.2) is 6.10 Å². The highest BCUT2D eigenvalue weighted by atomic mass is 127. The zero-order valence-electron chi connectivity index (χ0n) is 23.3. The van der Waals surface area contributed by atoms with Crippen molar-refractivity contribution in [2.75, 3.05) is 34.3 Å². The molecule has 1 aromatic rings. The molecule has 16 heteroatoms. The first-order valence-corrected chi connectivity index (χ1v) is 16.0. The Morgan fingerprint density at radius 1 is 0.805 bits per heavy atom. The van der Waals surface area contributed by atoms with E-state index in [0.29, 0.717) is 28.3 Å². The minimum Gasteiger partial charge on any atom is -0.479 e. The quantitative estimate of drug-likeness (QED) is 0.0830. The summed E-state index contributed by atoms with van der Waals surface area (Å²) in [6.45, 7) is 1.52. The highest BCUT2D eigenvalue weighted by molar-refractivity contribution is 14.1. The van der Waals surface area contributed by atoms with Gasteiger partial charge in [-0.25, -0.2) is 4.79 Å². The summed E-state index contributed by atoms with van der Waals surface area (Å²) in [7, 11) is 4.57. The van der Waals surface area contributed by atoms with Crippen molar-refractivity contribution in [2.24, 2.45) is 0 Å². The minimum absolute atomic E-state index is 0.0936. The number of hydrogen-bond donors (Lipinski definition) is 9. The number of likely N-dealkylation sites (N-methyl/N-ethyl adjacent to an activating group) is 1. The molecule has 0 bridgehead atoms. The van der Waals surface area contributed by atoms with Gasteiger partial charge in [0, 0.05) is 24.2 Å². The first-order valence-electron chi connectivity index (χ1n) is 12.8. The molecule has 0 saturated carbocycles. The van der Waals surface area contributed by atoms with Crippen molar-refractivity contribution < 1.29 is 49.8 Å². The Bertz CT molecular complexity index is 959. The van der Waals surface area contributed by atoms with Crippen LogP contribution in [0.3, 0.4) is 0 Å². The van der Waals surface area contributed by atoms with Gasteiger partial charge in [-0.3, -0.25) is 9.59 Å². The standard InChI is InChI=1S/C18H23I3N2O5.C7H17NO5/c1-4-5-6-7-8-9(18(26)27)28-15-13(20)10(16(24)22-2)12(19)11(14(15)21)17(25)23-3;1-8-2-4(10)6(12)7(13)5(11)3-9/h9H,4-8H2,1-3H3,(H,22,24)(H,23,25)(H,26,27);4-13H,2-3H2,1H3. The number of rotatable bonds is 16. The van der Waals surface area contributed by atoms with E-state index in [9.17, 15) is 24.6 Å². The Morgan fingerprint density at radius 3 is 1.68 bits per heavy atom. The second-order valence-corrected chi connectivity index (χ2v) is 12.1. The lowest BCUT2D eigenvalue weighted by Crippen LogP contribution is -2.48. The van der Waals surface area contributed by atoms with Gasteiger partial charge in [0.1, 0.15) is 24.1 Å². The summed E-state index contributed by atoms with van der Waals surface area (Å²) in [5, 5.41) is 62.2. The number of hydrogen-bond acceptors (Lipinski definition) is 10. The monoisotopic (exact) mass is 923 g/mol. The maximum absolute atomic E-state index is 12.4. The predicted molar refractivity (Wildman–Crippen MR) is 177 cm³/mol. The van der Waals surface area contributed by atoms with Crippen molar-refractivity contribution in [2.45, 2.75) is 69.5 Å². The molecule has 0 aliphatic heterocycles. The van der Waals surface area contributed by atoms with E-state index in [4.69, 9.17) is 25.2 Å². The average Bonchev–Trinajstić information content (AvgIpc) is 2.94. The number of carbonyl (C=O) groups is 3. The van der Waals surface area contributed by atoms with Gasteiger partial charge in [0.05, 0.1) is 31.0 Å². The van der Waals surface area contributed by atoms with Crippen LogP contribution in [-0.4, -0.2) is 113 Å². The van der Waals surface area contributed by atoms with E-state index in [1.165, 1.54) is 14.1 Å². The van der Waals surface area contributed by atoms with Crippen LogP contribution >= 0.6 is 67.8 Å². The van der Waals surface area contributed by atoms with Gasteiger partial charge in [0.2, 0.25) is 0 Å². The maximum atomic E-state index is 12.4. The number of benzene rings is 1. The number of nitrogens with one attached hydrogen (secondary N) is 3. The third-order valence-corrected chi connectivity index (χ3v) is 8.92. The predicted octanol–water partition coefficient (Wildman–Crippen LogP) is 0.664. The number of carboxylic acids is 1. The zero-order chi connectivity index (χ0) is 31.9. The summed E-state index contributed by atoms with van der Waals surface area (Å²) < 4.78 is 7.33. The molecule has 0 spiro atoms. The van der Waals surface area contributed by atoms with Crippen LogP contribution < -0.4 is 20.7 Å². The lowest BCUT2D eigenvalue weighted by Gasteiger charge is -2.25. The zero-order valence-corrected chi connectivity index (χ0v) is 29.8. The summed E-state index contributed by atoms with van der Waals surface area (Å²) in [6, 6.07) is 0. The van der Waals surface area contributed by atoms with Gasteiger partial charge < -0.3 is 51.3 Å². The van der Waals surface area contributed by atoms with Crippen LogP contribution in [0.1, 0.15) is 59.7 Å². The fourth-order valence-electron chi connectivity index (χ4n) is 3.42. The number of carbonyl (C=O) groups excluding carboxylic acids is 2. The molecule has 0 aliphatic carbocycles. The van der Waals surface area contributed by atoms with Crippen molar-refractivity contribution in [1.29, 1.82) is 0 Å². The molecule has 2 amide bonds. The lowest BCUT2D eigenvalue weighted by atomic mass is 10.0. The van der Waals surface area contributed by atoms with Gasteiger partial charge in [-0.05, 0) is 87.7 Å². The van der Waals surface area contributed by atoms with E-state index in [-0.39, 0.29) is 24.1 Å². The van der Waals surface area contributed by atoms with E-state index < -0.39 is 43.1 Å². The van der Waals surface area contributed by atoms with E-state index >= 15 is 0 Å². The van der Waals surface area contributed by atoms with Crippen LogP contribution in [0.4, 0.5) is 0 Å². The Labute approximate surface area is 280 Å². The Balaban J connectivity index is 0.00000103. The largest absolute Gasteiger partial charge is 0.479 e. The van der Waals surface area contributed by atoms with Crippen molar-refractivity contribution in [1.82, 2.24) is 16.0 Å². The number of aliphatic hydroxyl groups excluding tert-OH is 5. The van der Waals surface area contributed by atoms with Crippen LogP contribution in [0.5, 0.6) is 5.75 Å². The first-order chi connectivity index (χ1) is 19.2.